The van der Waals surface area contributed by atoms with Crippen LogP contribution in [0.4, 0.5) is 0 Å². The fourth-order valence-electron chi connectivity index (χ4n) is 4.55. The predicted octanol–water partition coefficient (Wildman–Crippen LogP) is 8.58. The first-order chi connectivity index (χ1) is 12.3. The van der Waals surface area contributed by atoms with Gasteiger partial charge in [0.15, 0.2) is 0 Å². The Morgan fingerprint density at radius 3 is 2.46 bits per heavy atom. The van der Waals surface area contributed by atoms with Crippen LogP contribution in [0.2, 0.25) is 0 Å². The van der Waals surface area contributed by atoms with Crippen molar-refractivity contribution >= 4 is 0 Å². The molecule has 26 heavy (non-hydrogen) atoms. The van der Waals surface area contributed by atoms with E-state index >= 15 is 0 Å². The molecule has 0 aromatic heterocycles. The monoisotopic (exact) mass is 358 g/mol. The van der Waals surface area contributed by atoms with Crippen molar-refractivity contribution in [1.29, 1.82) is 0 Å². The second-order valence-corrected chi connectivity index (χ2v) is 10.6. The summed E-state index contributed by atoms with van der Waals surface area (Å²) in [4.78, 5) is 0. The Morgan fingerprint density at radius 2 is 1.85 bits per heavy atom. The van der Waals surface area contributed by atoms with Gasteiger partial charge in [-0.15, -0.1) is 0 Å². The van der Waals surface area contributed by atoms with Crippen LogP contribution in [0.5, 0.6) is 0 Å². The minimum atomic E-state index is 0.489. The molecule has 0 radical (unpaired) electrons. The molecule has 4 unspecified atom stereocenters. The molecule has 0 aromatic carbocycles. The first-order valence-electron chi connectivity index (χ1n) is 11.6. The molecule has 0 heteroatoms. The van der Waals surface area contributed by atoms with Crippen LogP contribution in [0.15, 0.2) is 23.8 Å². The highest BCUT2D eigenvalue weighted by Gasteiger charge is 2.29. The molecular formula is C26H46. The van der Waals surface area contributed by atoms with Crippen LogP contribution >= 0.6 is 0 Å². The van der Waals surface area contributed by atoms with Gasteiger partial charge in [0.05, 0.1) is 0 Å². The summed E-state index contributed by atoms with van der Waals surface area (Å²) >= 11 is 0. The van der Waals surface area contributed by atoms with Gasteiger partial charge in [0.1, 0.15) is 0 Å². The maximum Gasteiger partial charge on any atom is -0.00206 e. The lowest BCUT2D eigenvalue weighted by atomic mass is 9.69. The van der Waals surface area contributed by atoms with Crippen LogP contribution in [0.1, 0.15) is 106 Å². The third-order valence-electron chi connectivity index (χ3n) is 7.90. The Kier molecular flexibility index (Phi) is 8.49. The van der Waals surface area contributed by atoms with Crippen LogP contribution in [-0.2, 0) is 0 Å². The topological polar surface area (TPSA) is 0 Å². The van der Waals surface area contributed by atoms with Crippen molar-refractivity contribution in [2.75, 3.05) is 0 Å². The van der Waals surface area contributed by atoms with Gasteiger partial charge in [-0.3, -0.25) is 0 Å². The second kappa shape index (κ2) is 10.1. The normalized spacial score (nSPS) is 30.3. The molecule has 0 spiro atoms. The van der Waals surface area contributed by atoms with Crippen molar-refractivity contribution in [1.82, 2.24) is 0 Å². The molecule has 0 aliphatic heterocycles. The lowest BCUT2D eigenvalue weighted by molar-refractivity contribution is 0.171. The first-order valence-corrected chi connectivity index (χ1v) is 11.6. The van der Waals surface area contributed by atoms with Crippen LogP contribution in [0, 0.1) is 35.0 Å². The molecule has 4 atom stereocenters. The number of unbranched alkanes of at least 4 members (excludes halogenated alkanes) is 1. The summed E-state index contributed by atoms with van der Waals surface area (Å²) in [6, 6.07) is 0. The molecule has 0 heterocycles. The van der Waals surface area contributed by atoms with Gasteiger partial charge < -0.3 is 0 Å². The van der Waals surface area contributed by atoms with Crippen molar-refractivity contribution in [3.05, 3.63) is 23.8 Å². The molecule has 0 amide bonds. The van der Waals surface area contributed by atoms with Crippen molar-refractivity contribution in [3.8, 4) is 0 Å². The number of hydrogen-bond acceptors (Lipinski definition) is 0. The summed E-state index contributed by atoms with van der Waals surface area (Å²) in [5, 5.41) is 0. The molecule has 0 saturated heterocycles. The fraction of sp³-hybridized carbons (Fsp3) is 0.846. The highest BCUT2D eigenvalue weighted by Crippen LogP contribution is 2.41. The highest BCUT2D eigenvalue weighted by atomic mass is 14.3. The van der Waals surface area contributed by atoms with Crippen LogP contribution < -0.4 is 0 Å². The molecule has 150 valence electrons. The van der Waals surface area contributed by atoms with E-state index in [1.165, 1.54) is 64.2 Å². The maximum atomic E-state index is 2.65. The summed E-state index contributed by atoms with van der Waals surface area (Å²) in [6.07, 6.45) is 21.5. The lowest BCUT2D eigenvalue weighted by Crippen LogP contribution is -2.25. The summed E-state index contributed by atoms with van der Waals surface area (Å²) in [5.41, 5.74) is 2.26. The minimum absolute atomic E-state index is 0.489. The Labute approximate surface area is 164 Å². The average molecular weight is 359 g/mol. The SMILES string of the molecule is CC1CC=CC(CC2CCC2C)C(CCCCC(C)(C)C(C)C)=CCC1. The van der Waals surface area contributed by atoms with E-state index in [1.54, 1.807) is 5.57 Å². The van der Waals surface area contributed by atoms with Crippen molar-refractivity contribution in [2.24, 2.45) is 35.0 Å². The molecular weight excluding hydrogens is 312 g/mol. The maximum absolute atomic E-state index is 2.65. The smallest absolute Gasteiger partial charge is 0.00206 e. The van der Waals surface area contributed by atoms with E-state index in [0.717, 1.165) is 29.6 Å². The zero-order valence-corrected chi connectivity index (χ0v) is 18.7. The average Bonchev–Trinajstić information content (AvgIpc) is 2.66. The van der Waals surface area contributed by atoms with Crippen molar-refractivity contribution < 1.29 is 0 Å². The van der Waals surface area contributed by atoms with E-state index in [-0.39, 0.29) is 0 Å². The van der Waals surface area contributed by atoms with Crippen LogP contribution in [-0.4, -0.2) is 0 Å². The summed E-state index contributed by atoms with van der Waals surface area (Å²) in [7, 11) is 0. The van der Waals surface area contributed by atoms with Gasteiger partial charge in [0.2, 0.25) is 0 Å². The summed E-state index contributed by atoms with van der Waals surface area (Å²) in [5.74, 6) is 4.29. The Bertz CT molecular complexity index is 464. The van der Waals surface area contributed by atoms with E-state index in [9.17, 15) is 0 Å². The zero-order valence-electron chi connectivity index (χ0n) is 18.7. The Balaban J connectivity index is 1.94. The van der Waals surface area contributed by atoms with E-state index in [1.807, 2.05) is 0 Å². The predicted molar refractivity (Wildman–Crippen MR) is 117 cm³/mol. The molecule has 1 fully saturated rings. The van der Waals surface area contributed by atoms with Gasteiger partial charge >= 0.3 is 0 Å². The van der Waals surface area contributed by atoms with E-state index in [2.05, 4.69) is 59.8 Å². The molecule has 2 aliphatic rings. The summed E-state index contributed by atoms with van der Waals surface area (Å²) in [6.45, 7) is 14.5. The van der Waals surface area contributed by atoms with Crippen LogP contribution in [0.3, 0.4) is 0 Å². The number of hydrogen-bond donors (Lipinski definition) is 0. The molecule has 1 saturated carbocycles. The van der Waals surface area contributed by atoms with Gasteiger partial charge in [0.25, 0.3) is 0 Å². The molecule has 2 rings (SSSR count). The Morgan fingerprint density at radius 1 is 1.08 bits per heavy atom. The van der Waals surface area contributed by atoms with Crippen molar-refractivity contribution in [3.63, 3.8) is 0 Å². The van der Waals surface area contributed by atoms with E-state index in [0.29, 0.717) is 5.41 Å². The van der Waals surface area contributed by atoms with Gasteiger partial charge in [-0.25, -0.2) is 0 Å². The fourth-order valence-corrected chi connectivity index (χ4v) is 4.55. The lowest BCUT2D eigenvalue weighted by Gasteiger charge is -2.36. The molecule has 0 N–H and O–H groups in total. The molecule has 0 aromatic rings. The van der Waals surface area contributed by atoms with Gasteiger partial charge in [0, 0.05) is 0 Å². The largest absolute Gasteiger partial charge is 0.0877 e. The number of allylic oxidation sites excluding steroid dienone is 4. The van der Waals surface area contributed by atoms with E-state index in [4.69, 9.17) is 0 Å². The highest BCUT2D eigenvalue weighted by molar-refractivity contribution is 5.15. The quantitative estimate of drug-likeness (QED) is 0.301. The molecule has 2 aliphatic carbocycles. The van der Waals surface area contributed by atoms with Crippen molar-refractivity contribution in [2.45, 2.75) is 106 Å². The standard InChI is InChI=1S/C26H46/c1-20(2)26(5,6)18-8-7-13-23-14-9-11-21(3)12-10-15-25(23)19-24-17-16-22(24)4/h10,14-15,20-22,24-25H,7-9,11-13,16-19H2,1-6H3. The second-order valence-electron chi connectivity index (χ2n) is 10.6. The van der Waals surface area contributed by atoms with Gasteiger partial charge in [-0.1, -0.05) is 78.2 Å². The Hall–Kier alpha value is -0.520. The number of rotatable bonds is 8. The zero-order chi connectivity index (χ0) is 19.2. The van der Waals surface area contributed by atoms with Gasteiger partial charge in [-0.2, -0.15) is 0 Å². The third-order valence-corrected chi connectivity index (χ3v) is 7.90. The molecule has 0 nitrogen and oxygen atoms in total. The minimum Gasteiger partial charge on any atom is -0.0877 e. The van der Waals surface area contributed by atoms with Gasteiger partial charge in [-0.05, 0) is 86.4 Å². The molecule has 0 bridgehead atoms. The first kappa shape index (κ1) is 21.8. The summed E-state index contributed by atoms with van der Waals surface area (Å²) < 4.78 is 0. The van der Waals surface area contributed by atoms with Crippen LogP contribution in [0.25, 0.3) is 0 Å². The van der Waals surface area contributed by atoms with E-state index < -0.39 is 0 Å². The third kappa shape index (κ3) is 6.58.